The summed E-state index contributed by atoms with van der Waals surface area (Å²) in [7, 11) is 1.60. The van der Waals surface area contributed by atoms with Gasteiger partial charge in [0.2, 0.25) is 5.91 Å². The highest BCUT2D eigenvalue weighted by atomic mass is 79.9. The molecule has 0 radical (unpaired) electrons. The molecule has 7 heteroatoms. The van der Waals surface area contributed by atoms with E-state index in [0.717, 1.165) is 22.0 Å². The van der Waals surface area contributed by atoms with E-state index in [2.05, 4.69) is 46.4 Å². The van der Waals surface area contributed by atoms with Crippen molar-refractivity contribution in [3.63, 3.8) is 0 Å². The van der Waals surface area contributed by atoms with Crippen LogP contribution in [0.4, 0.5) is 0 Å². The Morgan fingerprint density at radius 2 is 1.97 bits per heavy atom. The number of carbonyl (C=O) groups excluding carboxylic acids is 2. The lowest BCUT2D eigenvalue weighted by Gasteiger charge is -2.38. The average Bonchev–Trinajstić information content (AvgIpc) is 3.30. The van der Waals surface area contributed by atoms with E-state index >= 15 is 0 Å². The molecular weight excluding hydrogens is 500 g/mol. The zero-order valence-electron chi connectivity index (χ0n) is 18.8. The van der Waals surface area contributed by atoms with Gasteiger partial charge in [0, 0.05) is 35.1 Å². The maximum Gasteiger partial charge on any atom is 0.254 e. The molecule has 1 unspecified atom stereocenters. The van der Waals surface area contributed by atoms with Crippen LogP contribution in [-0.4, -0.2) is 55.0 Å². The first-order valence-corrected chi connectivity index (χ1v) is 12.6. The summed E-state index contributed by atoms with van der Waals surface area (Å²) in [5.41, 5.74) is 4.02. The van der Waals surface area contributed by atoms with E-state index in [1.165, 1.54) is 10.4 Å². The van der Waals surface area contributed by atoms with Crippen LogP contribution in [0, 0.1) is 6.92 Å². The van der Waals surface area contributed by atoms with Gasteiger partial charge in [-0.1, -0.05) is 46.3 Å². The van der Waals surface area contributed by atoms with E-state index in [1.807, 2.05) is 29.2 Å². The molecule has 0 fully saturated rings. The van der Waals surface area contributed by atoms with Crippen LogP contribution >= 0.6 is 27.3 Å². The topological polar surface area (TPSA) is 49.9 Å². The standard InChI is InChI=1S/C26H27BrN2O3S/c1-18-6-3-4-9-21(18)25-22-11-15-33-23(22)10-12-29(25)24(30)17-28(13-14-32-2)26(31)19-7-5-8-20(27)16-19/h3-9,11,15-16,25H,10,12-14,17H2,1-2H3. The third-order valence-electron chi connectivity index (χ3n) is 6.02. The minimum atomic E-state index is -0.178. The Labute approximate surface area is 207 Å². The second-order valence-electron chi connectivity index (χ2n) is 8.13. The molecule has 3 aromatic rings. The summed E-state index contributed by atoms with van der Waals surface area (Å²) in [4.78, 5) is 31.8. The third-order valence-corrected chi connectivity index (χ3v) is 7.51. The summed E-state index contributed by atoms with van der Waals surface area (Å²) in [5.74, 6) is -0.234. The number of aryl methyl sites for hydroxylation is 1. The number of carbonyl (C=O) groups is 2. The van der Waals surface area contributed by atoms with E-state index in [9.17, 15) is 9.59 Å². The van der Waals surface area contributed by atoms with E-state index in [-0.39, 0.29) is 24.4 Å². The van der Waals surface area contributed by atoms with Crippen LogP contribution in [0.25, 0.3) is 0 Å². The second kappa shape index (κ2) is 10.6. The number of benzene rings is 2. The van der Waals surface area contributed by atoms with Crippen molar-refractivity contribution in [2.45, 2.75) is 19.4 Å². The Morgan fingerprint density at radius 1 is 1.15 bits per heavy atom. The summed E-state index contributed by atoms with van der Waals surface area (Å²) in [6, 6.07) is 17.5. The summed E-state index contributed by atoms with van der Waals surface area (Å²) < 4.78 is 6.05. The molecule has 2 heterocycles. The molecule has 2 amide bonds. The minimum Gasteiger partial charge on any atom is -0.383 e. The van der Waals surface area contributed by atoms with Crippen molar-refractivity contribution in [2.75, 3.05) is 33.4 Å². The first-order valence-electron chi connectivity index (χ1n) is 10.9. The quantitative estimate of drug-likeness (QED) is 0.431. The molecule has 33 heavy (non-hydrogen) atoms. The fourth-order valence-electron chi connectivity index (χ4n) is 4.33. The Morgan fingerprint density at radius 3 is 2.73 bits per heavy atom. The summed E-state index contributed by atoms with van der Waals surface area (Å²) >= 11 is 5.18. The van der Waals surface area contributed by atoms with Crippen LogP contribution in [0.1, 0.15) is 38.0 Å². The lowest BCUT2D eigenvalue weighted by Crippen LogP contribution is -2.47. The zero-order chi connectivity index (χ0) is 23.4. The monoisotopic (exact) mass is 526 g/mol. The van der Waals surface area contributed by atoms with Gasteiger partial charge in [0.15, 0.2) is 0 Å². The van der Waals surface area contributed by atoms with Gasteiger partial charge >= 0.3 is 0 Å². The second-order valence-corrected chi connectivity index (χ2v) is 10.0. The molecule has 1 aromatic heterocycles. The molecule has 0 spiro atoms. The number of halogens is 1. The predicted octanol–water partition coefficient (Wildman–Crippen LogP) is 5.08. The minimum absolute atomic E-state index is 0.0105. The normalized spacial score (nSPS) is 15.2. The first-order chi connectivity index (χ1) is 16.0. The van der Waals surface area contributed by atoms with Gasteiger partial charge in [-0.05, 0) is 59.7 Å². The van der Waals surface area contributed by atoms with Crippen LogP contribution in [0.15, 0.2) is 64.5 Å². The molecule has 0 saturated carbocycles. The summed E-state index contributed by atoms with van der Waals surface area (Å²) in [6.45, 7) is 3.44. The number of nitrogens with zero attached hydrogens (tertiary/aromatic N) is 2. The molecule has 0 N–H and O–H groups in total. The molecule has 0 bridgehead atoms. The van der Waals surface area contributed by atoms with E-state index in [1.54, 1.807) is 35.5 Å². The van der Waals surface area contributed by atoms with E-state index < -0.39 is 0 Å². The van der Waals surface area contributed by atoms with Gasteiger partial charge in [-0.15, -0.1) is 11.3 Å². The number of hydrogen-bond donors (Lipinski definition) is 0. The van der Waals surface area contributed by atoms with Crippen LogP contribution in [0.2, 0.25) is 0 Å². The third kappa shape index (κ3) is 5.21. The number of hydrogen-bond acceptors (Lipinski definition) is 4. The summed E-state index contributed by atoms with van der Waals surface area (Å²) in [5, 5.41) is 2.10. The largest absolute Gasteiger partial charge is 0.383 e. The van der Waals surface area contributed by atoms with Gasteiger partial charge < -0.3 is 14.5 Å². The van der Waals surface area contributed by atoms with E-state index in [0.29, 0.717) is 25.3 Å². The number of ether oxygens (including phenoxy) is 1. The summed E-state index contributed by atoms with van der Waals surface area (Å²) in [6.07, 6.45) is 0.832. The lowest BCUT2D eigenvalue weighted by atomic mass is 9.90. The van der Waals surface area contributed by atoms with Crippen molar-refractivity contribution >= 4 is 39.1 Å². The Kier molecular flexibility index (Phi) is 7.63. The molecular formula is C26H27BrN2O3S. The van der Waals surface area contributed by atoms with Gasteiger partial charge in [-0.3, -0.25) is 9.59 Å². The molecule has 0 saturated heterocycles. The van der Waals surface area contributed by atoms with Crippen molar-refractivity contribution in [1.82, 2.24) is 9.80 Å². The molecule has 0 aliphatic carbocycles. The predicted molar refractivity (Wildman–Crippen MR) is 135 cm³/mol. The highest BCUT2D eigenvalue weighted by molar-refractivity contribution is 9.10. The molecule has 1 aliphatic heterocycles. The van der Waals surface area contributed by atoms with Gasteiger partial charge in [-0.2, -0.15) is 0 Å². The highest BCUT2D eigenvalue weighted by Crippen LogP contribution is 2.39. The first kappa shape index (κ1) is 23.7. The molecule has 1 atom stereocenters. The van der Waals surface area contributed by atoms with Crippen molar-refractivity contribution in [2.24, 2.45) is 0 Å². The number of fused-ring (bicyclic) bond motifs is 1. The van der Waals surface area contributed by atoms with Crippen LogP contribution in [0.5, 0.6) is 0 Å². The van der Waals surface area contributed by atoms with Gasteiger partial charge in [0.1, 0.15) is 6.54 Å². The number of rotatable bonds is 7. The fraction of sp³-hybridized carbons (Fsp3) is 0.308. The van der Waals surface area contributed by atoms with Crippen LogP contribution < -0.4 is 0 Å². The van der Waals surface area contributed by atoms with Crippen molar-refractivity contribution in [3.8, 4) is 0 Å². The maximum atomic E-state index is 13.7. The van der Waals surface area contributed by atoms with Crippen LogP contribution in [0.3, 0.4) is 0 Å². The SMILES string of the molecule is COCCN(CC(=O)N1CCc2sccc2C1c1ccccc1C)C(=O)c1cccc(Br)c1. The molecule has 2 aromatic carbocycles. The number of thiophene rings is 1. The number of amides is 2. The average molecular weight is 527 g/mol. The maximum absolute atomic E-state index is 13.7. The molecule has 4 rings (SSSR count). The Hall–Kier alpha value is -2.48. The lowest BCUT2D eigenvalue weighted by molar-refractivity contribution is -0.134. The van der Waals surface area contributed by atoms with Crippen molar-refractivity contribution in [3.05, 3.63) is 91.6 Å². The van der Waals surface area contributed by atoms with Crippen LogP contribution in [-0.2, 0) is 16.0 Å². The zero-order valence-corrected chi connectivity index (χ0v) is 21.2. The van der Waals surface area contributed by atoms with Gasteiger partial charge in [0.05, 0.1) is 12.6 Å². The molecule has 5 nitrogen and oxygen atoms in total. The number of methoxy groups -OCH3 is 1. The van der Waals surface area contributed by atoms with Gasteiger partial charge in [0.25, 0.3) is 5.91 Å². The molecule has 1 aliphatic rings. The smallest absolute Gasteiger partial charge is 0.254 e. The Balaban J connectivity index is 1.63. The Bertz CT molecular complexity index is 1150. The fourth-order valence-corrected chi connectivity index (χ4v) is 5.63. The van der Waals surface area contributed by atoms with Gasteiger partial charge in [-0.25, -0.2) is 0 Å². The molecule has 172 valence electrons. The van der Waals surface area contributed by atoms with E-state index in [4.69, 9.17) is 4.74 Å². The van der Waals surface area contributed by atoms with Crippen molar-refractivity contribution < 1.29 is 14.3 Å². The van der Waals surface area contributed by atoms with Crippen molar-refractivity contribution in [1.29, 1.82) is 0 Å². The highest BCUT2D eigenvalue weighted by Gasteiger charge is 2.34.